The molecule has 2 aromatic heterocycles. The highest BCUT2D eigenvalue weighted by Gasteiger charge is 2.44. The lowest BCUT2D eigenvalue weighted by atomic mass is 10.0. The van der Waals surface area contributed by atoms with Crippen molar-refractivity contribution in [2.45, 2.75) is 39.9 Å². The smallest absolute Gasteiger partial charge is 0.354 e. The summed E-state index contributed by atoms with van der Waals surface area (Å²) in [5.41, 5.74) is 2.03. The minimum absolute atomic E-state index is 0.0192. The van der Waals surface area contributed by atoms with E-state index in [0.717, 1.165) is 0 Å². The van der Waals surface area contributed by atoms with E-state index in [1.165, 1.54) is 11.6 Å². The Bertz CT molecular complexity index is 743. The van der Waals surface area contributed by atoms with Crippen LogP contribution in [-0.4, -0.2) is 26.8 Å². The minimum Gasteiger partial charge on any atom is -0.354 e. The second-order valence-corrected chi connectivity index (χ2v) is 5.67. The van der Waals surface area contributed by atoms with Gasteiger partial charge >= 0.3 is 6.18 Å². The van der Waals surface area contributed by atoms with Crippen LogP contribution in [0, 0.1) is 27.7 Å². The summed E-state index contributed by atoms with van der Waals surface area (Å²) in [5, 5.41) is 6.09. The van der Waals surface area contributed by atoms with Crippen LogP contribution in [0.4, 0.5) is 13.2 Å². The number of carbonyl (C=O) groups is 1. The van der Waals surface area contributed by atoms with Crippen LogP contribution in [0.5, 0.6) is 0 Å². The fourth-order valence-electron chi connectivity index (χ4n) is 2.69. The van der Waals surface area contributed by atoms with Gasteiger partial charge < -0.3 is 10.3 Å². The van der Waals surface area contributed by atoms with Crippen molar-refractivity contribution in [3.05, 3.63) is 40.0 Å². The molecule has 0 aliphatic heterocycles. The van der Waals surface area contributed by atoms with Crippen LogP contribution >= 0.6 is 0 Å². The first-order chi connectivity index (χ1) is 10.5. The van der Waals surface area contributed by atoms with Crippen LogP contribution < -0.4 is 5.32 Å². The molecule has 0 radical (unpaired) electrons. The third-order valence-corrected chi connectivity index (χ3v) is 3.83. The Morgan fingerprint density at radius 1 is 1.30 bits per heavy atom. The third-order valence-electron chi connectivity index (χ3n) is 3.83. The molecule has 2 aromatic rings. The molecule has 126 valence electrons. The molecule has 0 aromatic carbocycles. The summed E-state index contributed by atoms with van der Waals surface area (Å²) >= 11 is 0. The van der Waals surface area contributed by atoms with Crippen molar-refractivity contribution in [2.75, 3.05) is 0 Å². The first-order valence-electron chi connectivity index (χ1n) is 7.06. The Labute approximate surface area is 131 Å². The van der Waals surface area contributed by atoms with Crippen molar-refractivity contribution in [1.29, 1.82) is 0 Å². The number of nitrogens with one attached hydrogen (secondary N) is 2. The number of H-pyrrole nitrogens is 1. The van der Waals surface area contributed by atoms with Crippen molar-refractivity contribution < 1.29 is 18.0 Å². The maximum atomic E-state index is 13.5. The lowest BCUT2D eigenvalue weighted by Gasteiger charge is -2.22. The van der Waals surface area contributed by atoms with Gasteiger partial charge in [-0.1, -0.05) is 0 Å². The summed E-state index contributed by atoms with van der Waals surface area (Å²) in [5.74, 6) is -0.791. The van der Waals surface area contributed by atoms with Crippen LogP contribution in [0.1, 0.15) is 44.7 Å². The number of halogens is 3. The number of hydrogen-bond acceptors (Lipinski definition) is 2. The molecule has 1 atom stereocenters. The largest absolute Gasteiger partial charge is 0.413 e. The molecule has 2 heterocycles. The van der Waals surface area contributed by atoms with Gasteiger partial charge in [-0.15, -0.1) is 0 Å². The number of amides is 1. The summed E-state index contributed by atoms with van der Waals surface area (Å²) in [6.45, 7) is 6.45. The van der Waals surface area contributed by atoms with Gasteiger partial charge in [-0.05, 0) is 39.3 Å². The molecule has 0 aliphatic rings. The van der Waals surface area contributed by atoms with Crippen LogP contribution in [0.25, 0.3) is 0 Å². The minimum atomic E-state index is -4.62. The van der Waals surface area contributed by atoms with E-state index in [1.807, 2.05) is 0 Å². The zero-order valence-electron chi connectivity index (χ0n) is 13.6. The summed E-state index contributed by atoms with van der Waals surface area (Å²) in [6, 6.07) is -0.398. The van der Waals surface area contributed by atoms with Gasteiger partial charge in [0.25, 0.3) is 5.91 Å². The highest BCUT2D eigenvalue weighted by atomic mass is 19.4. The maximum Gasteiger partial charge on any atom is 0.413 e. The first kappa shape index (κ1) is 17.1. The summed E-state index contributed by atoms with van der Waals surface area (Å²) in [6.07, 6.45) is -4.62. The number of rotatable bonds is 3. The van der Waals surface area contributed by atoms with Gasteiger partial charge in [0.2, 0.25) is 0 Å². The summed E-state index contributed by atoms with van der Waals surface area (Å²) in [4.78, 5) is 15.1. The van der Waals surface area contributed by atoms with E-state index in [2.05, 4.69) is 15.4 Å². The monoisotopic (exact) mass is 328 g/mol. The Balaban J connectivity index is 2.41. The molecule has 2 rings (SSSR count). The SMILES string of the molecule is Cc1cc(C)c(C(=O)NC(c2c(C)nn(C)c2C)C(F)(F)F)[nH]1. The predicted molar refractivity (Wildman–Crippen MR) is 79.2 cm³/mol. The fraction of sp³-hybridized carbons (Fsp3) is 0.467. The lowest BCUT2D eigenvalue weighted by molar-refractivity contribution is -0.155. The molecule has 0 fully saturated rings. The molecule has 23 heavy (non-hydrogen) atoms. The number of nitrogens with zero attached hydrogens (tertiary/aromatic N) is 2. The van der Waals surface area contributed by atoms with E-state index in [0.29, 0.717) is 17.0 Å². The molecule has 0 spiro atoms. The molecule has 0 aliphatic carbocycles. The Kier molecular flexibility index (Phi) is 4.28. The van der Waals surface area contributed by atoms with Crippen LogP contribution in [0.2, 0.25) is 0 Å². The highest BCUT2D eigenvalue weighted by Crippen LogP contribution is 2.36. The average molecular weight is 328 g/mol. The van der Waals surface area contributed by atoms with Crippen molar-refractivity contribution in [3.8, 4) is 0 Å². The molecule has 1 unspecified atom stereocenters. The van der Waals surface area contributed by atoms with E-state index < -0.39 is 18.1 Å². The molecule has 0 saturated heterocycles. The van der Waals surface area contributed by atoms with Crippen molar-refractivity contribution >= 4 is 5.91 Å². The molecule has 1 amide bonds. The van der Waals surface area contributed by atoms with Crippen molar-refractivity contribution in [3.63, 3.8) is 0 Å². The Hall–Kier alpha value is -2.25. The predicted octanol–water partition coefficient (Wildman–Crippen LogP) is 3.02. The third kappa shape index (κ3) is 3.25. The van der Waals surface area contributed by atoms with Crippen LogP contribution in [-0.2, 0) is 7.05 Å². The standard InChI is InChI=1S/C15H19F3N4O/c1-7-6-8(2)19-12(7)14(23)20-13(15(16,17)18)11-9(3)21-22(5)10(11)4/h6,13,19H,1-5H3,(H,20,23). The van der Waals surface area contributed by atoms with E-state index in [1.54, 1.807) is 33.9 Å². The van der Waals surface area contributed by atoms with E-state index in [4.69, 9.17) is 0 Å². The van der Waals surface area contributed by atoms with Gasteiger partial charge in [0.15, 0.2) is 6.04 Å². The fourth-order valence-corrected chi connectivity index (χ4v) is 2.69. The average Bonchev–Trinajstić information content (AvgIpc) is 2.86. The highest BCUT2D eigenvalue weighted by molar-refractivity contribution is 5.94. The zero-order valence-corrected chi connectivity index (χ0v) is 13.6. The van der Waals surface area contributed by atoms with E-state index in [-0.39, 0.29) is 17.0 Å². The second kappa shape index (κ2) is 5.75. The number of aryl methyl sites for hydroxylation is 4. The summed E-state index contributed by atoms with van der Waals surface area (Å²) < 4.78 is 41.9. The van der Waals surface area contributed by atoms with Crippen molar-refractivity contribution in [2.24, 2.45) is 7.05 Å². The number of hydrogen-bond donors (Lipinski definition) is 2. The van der Waals surface area contributed by atoms with Gasteiger partial charge in [-0.25, -0.2) is 0 Å². The van der Waals surface area contributed by atoms with Gasteiger partial charge in [0.05, 0.1) is 5.69 Å². The Morgan fingerprint density at radius 3 is 2.30 bits per heavy atom. The molecule has 0 bridgehead atoms. The Morgan fingerprint density at radius 2 is 1.91 bits per heavy atom. The van der Waals surface area contributed by atoms with E-state index in [9.17, 15) is 18.0 Å². The first-order valence-corrected chi connectivity index (χ1v) is 7.06. The molecule has 0 saturated carbocycles. The number of aromatic amines is 1. The lowest BCUT2D eigenvalue weighted by Crippen LogP contribution is -2.39. The van der Waals surface area contributed by atoms with Gasteiger partial charge in [-0.2, -0.15) is 18.3 Å². The maximum absolute atomic E-state index is 13.5. The van der Waals surface area contributed by atoms with Crippen LogP contribution in [0.3, 0.4) is 0 Å². The van der Waals surface area contributed by atoms with Gasteiger partial charge in [0.1, 0.15) is 5.69 Å². The second-order valence-electron chi connectivity index (χ2n) is 5.67. The summed E-state index contributed by atoms with van der Waals surface area (Å²) in [7, 11) is 1.57. The molecular formula is C15H19F3N4O. The quantitative estimate of drug-likeness (QED) is 0.910. The number of carbonyl (C=O) groups excluding carboxylic acids is 1. The molecule has 2 N–H and O–H groups in total. The number of aromatic nitrogens is 3. The number of alkyl halides is 3. The molecule has 5 nitrogen and oxygen atoms in total. The van der Waals surface area contributed by atoms with Crippen molar-refractivity contribution in [1.82, 2.24) is 20.1 Å². The topological polar surface area (TPSA) is 62.7 Å². The van der Waals surface area contributed by atoms with Gasteiger partial charge in [0, 0.05) is 24.0 Å². The van der Waals surface area contributed by atoms with E-state index >= 15 is 0 Å². The van der Waals surface area contributed by atoms with Crippen LogP contribution in [0.15, 0.2) is 6.07 Å². The molecule has 8 heteroatoms. The van der Waals surface area contributed by atoms with Gasteiger partial charge in [-0.3, -0.25) is 9.48 Å². The zero-order chi connectivity index (χ0) is 17.5. The normalized spacial score (nSPS) is 13.2. The molecular weight excluding hydrogens is 309 g/mol.